The lowest BCUT2D eigenvalue weighted by atomic mass is 9.91. The Morgan fingerprint density at radius 2 is 1.94 bits per heavy atom. The normalized spacial score (nSPS) is 17.8. The molecule has 1 rings (SSSR count). The van der Waals surface area contributed by atoms with E-state index < -0.39 is 12.8 Å². The average Bonchev–Trinajstić information content (AvgIpc) is 2.08. The smallest absolute Gasteiger partial charge is 0.395 e. The average molecular weight is 241 g/mol. The number of aliphatic hydroxyl groups is 1. The lowest BCUT2D eigenvalue weighted by Crippen LogP contribution is -2.43. The van der Waals surface area contributed by atoms with Crippen LogP contribution in [-0.4, -0.2) is 55.1 Å². The summed E-state index contributed by atoms with van der Waals surface area (Å²) in [5, 5.41) is 8.83. The van der Waals surface area contributed by atoms with Gasteiger partial charge in [0, 0.05) is 19.1 Å². The van der Waals surface area contributed by atoms with Crippen LogP contribution < -0.4 is 0 Å². The summed E-state index contributed by atoms with van der Waals surface area (Å²) in [7, 11) is 0. The fourth-order valence-corrected chi connectivity index (χ4v) is 1.73. The lowest BCUT2D eigenvalue weighted by molar-refractivity contribution is -0.175. The zero-order valence-electron chi connectivity index (χ0n) is 9.17. The molecule has 0 unspecified atom stereocenters. The van der Waals surface area contributed by atoms with Crippen LogP contribution in [0.5, 0.6) is 0 Å². The lowest BCUT2D eigenvalue weighted by Gasteiger charge is -2.37. The first kappa shape index (κ1) is 13.7. The van der Waals surface area contributed by atoms with Crippen molar-refractivity contribution in [3.8, 4) is 0 Å². The van der Waals surface area contributed by atoms with Gasteiger partial charge in [-0.25, -0.2) is 0 Å². The minimum Gasteiger partial charge on any atom is -0.395 e. The van der Waals surface area contributed by atoms with Crippen LogP contribution in [0.1, 0.15) is 19.3 Å². The highest BCUT2D eigenvalue weighted by atomic mass is 19.4. The Labute approximate surface area is 93.2 Å². The second-order valence-electron chi connectivity index (χ2n) is 4.01. The van der Waals surface area contributed by atoms with Gasteiger partial charge in [-0.15, -0.1) is 0 Å². The minimum absolute atomic E-state index is 0.0375. The fraction of sp³-hybridized carbons (Fsp3) is 1.00. The van der Waals surface area contributed by atoms with Crippen molar-refractivity contribution >= 4 is 0 Å². The fourth-order valence-electron chi connectivity index (χ4n) is 1.73. The molecule has 6 heteroatoms. The predicted octanol–water partition coefficient (Wildman–Crippen LogP) is 1.41. The Balaban J connectivity index is 2.12. The first-order valence-corrected chi connectivity index (χ1v) is 5.52. The van der Waals surface area contributed by atoms with Crippen molar-refractivity contribution in [3.05, 3.63) is 0 Å². The number of halogens is 3. The van der Waals surface area contributed by atoms with Gasteiger partial charge in [-0.05, 0) is 12.8 Å². The summed E-state index contributed by atoms with van der Waals surface area (Å²) >= 11 is 0. The van der Waals surface area contributed by atoms with Gasteiger partial charge in [0.05, 0.1) is 13.2 Å². The summed E-state index contributed by atoms with van der Waals surface area (Å²) in [6.07, 6.45) is -0.952. The van der Waals surface area contributed by atoms with E-state index in [0.717, 1.165) is 19.3 Å². The van der Waals surface area contributed by atoms with Crippen molar-refractivity contribution in [1.29, 1.82) is 0 Å². The molecule has 0 heterocycles. The first-order valence-electron chi connectivity index (χ1n) is 5.52. The Hall–Kier alpha value is -0.330. The Kier molecular flexibility index (Phi) is 5.51. The van der Waals surface area contributed by atoms with Crippen molar-refractivity contribution in [2.75, 3.05) is 32.9 Å². The Bertz CT molecular complexity index is 195. The molecule has 1 fully saturated rings. The molecule has 0 atom stereocenters. The van der Waals surface area contributed by atoms with Crippen molar-refractivity contribution in [2.24, 2.45) is 0 Å². The van der Waals surface area contributed by atoms with E-state index in [1.165, 1.54) is 0 Å². The minimum atomic E-state index is -4.25. The molecule has 0 aliphatic heterocycles. The molecule has 0 bridgehead atoms. The van der Waals surface area contributed by atoms with Gasteiger partial charge in [0.2, 0.25) is 0 Å². The van der Waals surface area contributed by atoms with E-state index >= 15 is 0 Å². The summed E-state index contributed by atoms with van der Waals surface area (Å²) in [6, 6.07) is 0.418. The monoisotopic (exact) mass is 241 g/mol. The number of hydrogen-bond acceptors (Lipinski definition) is 3. The van der Waals surface area contributed by atoms with Crippen LogP contribution >= 0.6 is 0 Å². The summed E-state index contributed by atoms with van der Waals surface area (Å²) in [6.45, 7) is -0.113. The quantitative estimate of drug-likeness (QED) is 0.684. The highest BCUT2D eigenvalue weighted by Crippen LogP contribution is 2.24. The molecule has 3 nitrogen and oxygen atoms in total. The van der Waals surface area contributed by atoms with Crippen molar-refractivity contribution in [3.63, 3.8) is 0 Å². The molecule has 0 aromatic rings. The molecular weight excluding hydrogens is 223 g/mol. The van der Waals surface area contributed by atoms with Crippen LogP contribution in [0.2, 0.25) is 0 Å². The summed E-state index contributed by atoms with van der Waals surface area (Å²) in [5.41, 5.74) is 0. The topological polar surface area (TPSA) is 32.7 Å². The van der Waals surface area contributed by atoms with Gasteiger partial charge in [-0.1, -0.05) is 6.42 Å². The summed E-state index contributed by atoms with van der Waals surface area (Å²) < 4.78 is 39.9. The largest absolute Gasteiger partial charge is 0.411 e. The number of aliphatic hydroxyl groups excluding tert-OH is 1. The van der Waals surface area contributed by atoms with Gasteiger partial charge in [-0.2, -0.15) is 13.2 Å². The third-order valence-corrected chi connectivity index (χ3v) is 2.77. The number of hydrogen-bond donors (Lipinski definition) is 1. The second kappa shape index (κ2) is 6.42. The van der Waals surface area contributed by atoms with Gasteiger partial charge in [0.25, 0.3) is 0 Å². The van der Waals surface area contributed by atoms with Crippen LogP contribution in [0.4, 0.5) is 13.2 Å². The van der Waals surface area contributed by atoms with Crippen LogP contribution in [0.25, 0.3) is 0 Å². The molecule has 1 aliphatic carbocycles. The maximum Gasteiger partial charge on any atom is 0.411 e. The van der Waals surface area contributed by atoms with Crippen LogP contribution in [0, 0.1) is 0 Å². The van der Waals surface area contributed by atoms with Crippen molar-refractivity contribution < 1.29 is 23.0 Å². The number of ether oxygens (including phenoxy) is 1. The van der Waals surface area contributed by atoms with E-state index in [2.05, 4.69) is 4.74 Å². The number of rotatable bonds is 7. The Morgan fingerprint density at radius 1 is 1.25 bits per heavy atom. The molecule has 96 valence electrons. The molecular formula is C10H18F3NO2. The standard InChI is InChI=1S/C10H18F3NO2/c11-10(12,13)8-16-7-5-14(4-6-15)9-2-1-3-9/h9,15H,1-8H2. The van der Waals surface area contributed by atoms with E-state index in [1.54, 1.807) is 0 Å². The molecule has 0 saturated heterocycles. The molecule has 16 heavy (non-hydrogen) atoms. The third-order valence-electron chi connectivity index (χ3n) is 2.77. The van der Waals surface area contributed by atoms with E-state index in [9.17, 15) is 13.2 Å². The molecule has 0 amide bonds. The number of nitrogens with zero attached hydrogens (tertiary/aromatic N) is 1. The van der Waals surface area contributed by atoms with Gasteiger partial charge in [0.1, 0.15) is 6.61 Å². The molecule has 0 radical (unpaired) electrons. The third kappa shape index (κ3) is 5.14. The number of alkyl halides is 3. The molecule has 0 aromatic carbocycles. The van der Waals surface area contributed by atoms with Gasteiger partial charge < -0.3 is 9.84 Å². The zero-order chi connectivity index (χ0) is 12.0. The van der Waals surface area contributed by atoms with Crippen molar-refractivity contribution in [1.82, 2.24) is 4.90 Å². The summed E-state index contributed by atoms with van der Waals surface area (Å²) in [5.74, 6) is 0. The first-order chi connectivity index (χ1) is 7.53. The van der Waals surface area contributed by atoms with Crippen LogP contribution in [-0.2, 0) is 4.74 Å². The molecule has 1 saturated carbocycles. The Morgan fingerprint density at radius 3 is 2.38 bits per heavy atom. The maximum absolute atomic E-state index is 11.8. The van der Waals surface area contributed by atoms with Crippen LogP contribution in [0.15, 0.2) is 0 Å². The second-order valence-corrected chi connectivity index (χ2v) is 4.01. The van der Waals surface area contributed by atoms with Gasteiger partial charge in [0.15, 0.2) is 0 Å². The molecule has 0 aromatic heterocycles. The molecule has 1 N–H and O–H groups in total. The van der Waals surface area contributed by atoms with Crippen molar-refractivity contribution in [2.45, 2.75) is 31.5 Å². The SMILES string of the molecule is OCCN(CCOCC(F)(F)F)C1CCC1. The van der Waals surface area contributed by atoms with E-state index in [4.69, 9.17) is 5.11 Å². The molecule has 1 aliphatic rings. The summed E-state index contributed by atoms with van der Waals surface area (Å²) in [4.78, 5) is 2.00. The highest BCUT2D eigenvalue weighted by molar-refractivity contribution is 4.79. The predicted molar refractivity (Wildman–Crippen MR) is 53.2 cm³/mol. The van der Waals surface area contributed by atoms with Gasteiger partial charge in [-0.3, -0.25) is 4.90 Å². The maximum atomic E-state index is 11.8. The highest BCUT2D eigenvalue weighted by Gasteiger charge is 2.28. The molecule has 0 spiro atoms. The van der Waals surface area contributed by atoms with E-state index in [0.29, 0.717) is 19.1 Å². The van der Waals surface area contributed by atoms with Crippen LogP contribution in [0.3, 0.4) is 0 Å². The van der Waals surface area contributed by atoms with Gasteiger partial charge >= 0.3 is 6.18 Å². The zero-order valence-corrected chi connectivity index (χ0v) is 9.17. The van der Waals surface area contributed by atoms with E-state index in [-0.39, 0.29) is 13.2 Å². The van der Waals surface area contributed by atoms with E-state index in [1.807, 2.05) is 4.90 Å².